The third kappa shape index (κ3) is 3.91. The van der Waals surface area contributed by atoms with Crippen LogP contribution in [0.1, 0.15) is 31.6 Å². The smallest absolute Gasteiger partial charge is 0.194 e. The fourth-order valence-corrected chi connectivity index (χ4v) is 2.98. The van der Waals surface area contributed by atoms with Gasteiger partial charge >= 0.3 is 0 Å². The van der Waals surface area contributed by atoms with Crippen molar-refractivity contribution in [1.29, 1.82) is 0 Å². The molecule has 3 rings (SSSR count). The summed E-state index contributed by atoms with van der Waals surface area (Å²) in [4.78, 5) is 0. The minimum absolute atomic E-state index is 0.110. The fourth-order valence-electron chi connectivity index (χ4n) is 2.98. The SMILES string of the molecule is CCC[C@H]1CO[C@H]([C@H]2CO[C@H](c3cc(F)c(F)c(F)c3)OC2)OC1. The molecular weight excluding hydrogens is 325 g/mol. The minimum Gasteiger partial charge on any atom is -0.352 e. The summed E-state index contributed by atoms with van der Waals surface area (Å²) in [5, 5.41) is 0. The van der Waals surface area contributed by atoms with Gasteiger partial charge in [-0.15, -0.1) is 0 Å². The molecule has 0 aromatic heterocycles. The molecule has 0 spiro atoms. The number of halogens is 3. The summed E-state index contributed by atoms with van der Waals surface area (Å²) in [5.74, 6) is -3.73. The number of rotatable bonds is 4. The van der Waals surface area contributed by atoms with Crippen LogP contribution in [-0.4, -0.2) is 32.7 Å². The Morgan fingerprint density at radius 1 is 0.917 bits per heavy atom. The first-order valence-electron chi connectivity index (χ1n) is 8.19. The van der Waals surface area contributed by atoms with Crippen LogP contribution in [0.2, 0.25) is 0 Å². The van der Waals surface area contributed by atoms with Crippen molar-refractivity contribution < 1.29 is 32.1 Å². The van der Waals surface area contributed by atoms with Gasteiger partial charge in [0, 0.05) is 11.5 Å². The number of benzene rings is 1. The van der Waals surface area contributed by atoms with E-state index in [2.05, 4.69) is 6.92 Å². The average Bonchev–Trinajstić information content (AvgIpc) is 2.60. The predicted molar refractivity (Wildman–Crippen MR) is 78.5 cm³/mol. The molecule has 7 heteroatoms. The van der Waals surface area contributed by atoms with Crippen molar-refractivity contribution in [3.8, 4) is 0 Å². The van der Waals surface area contributed by atoms with Crippen molar-refractivity contribution in [2.24, 2.45) is 11.8 Å². The van der Waals surface area contributed by atoms with Gasteiger partial charge in [0.2, 0.25) is 0 Å². The lowest BCUT2D eigenvalue weighted by molar-refractivity contribution is -0.283. The molecule has 0 bridgehead atoms. The van der Waals surface area contributed by atoms with Crippen molar-refractivity contribution >= 4 is 0 Å². The Kier molecular flexibility index (Phi) is 5.76. The normalized spacial score (nSPS) is 31.2. The van der Waals surface area contributed by atoms with Gasteiger partial charge < -0.3 is 18.9 Å². The molecule has 2 heterocycles. The first kappa shape index (κ1) is 17.7. The van der Waals surface area contributed by atoms with Crippen molar-refractivity contribution in [2.75, 3.05) is 26.4 Å². The summed E-state index contributed by atoms with van der Waals surface area (Å²) in [6.45, 7) is 3.96. The molecule has 24 heavy (non-hydrogen) atoms. The minimum atomic E-state index is -1.50. The highest BCUT2D eigenvalue weighted by molar-refractivity contribution is 5.20. The van der Waals surface area contributed by atoms with Crippen LogP contribution in [0.3, 0.4) is 0 Å². The van der Waals surface area contributed by atoms with Crippen LogP contribution in [0.15, 0.2) is 12.1 Å². The molecule has 1 aromatic carbocycles. The fraction of sp³-hybridized carbons (Fsp3) is 0.647. The first-order chi connectivity index (χ1) is 11.6. The van der Waals surface area contributed by atoms with Crippen molar-refractivity contribution in [1.82, 2.24) is 0 Å². The van der Waals surface area contributed by atoms with E-state index >= 15 is 0 Å². The van der Waals surface area contributed by atoms with Gasteiger partial charge in [0.05, 0.1) is 32.3 Å². The van der Waals surface area contributed by atoms with E-state index in [0.29, 0.717) is 19.1 Å². The van der Waals surface area contributed by atoms with Crippen molar-refractivity contribution in [3.05, 3.63) is 35.1 Å². The summed E-state index contributed by atoms with van der Waals surface area (Å²) < 4.78 is 62.1. The molecular formula is C17H21F3O4. The number of ether oxygens (including phenoxy) is 4. The van der Waals surface area contributed by atoms with Crippen molar-refractivity contribution in [3.63, 3.8) is 0 Å². The van der Waals surface area contributed by atoms with Crippen LogP contribution >= 0.6 is 0 Å². The zero-order chi connectivity index (χ0) is 17.1. The molecule has 1 aromatic rings. The van der Waals surface area contributed by atoms with Gasteiger partial charge in [-0.1, -0.05) is 13.3 Å². The Bertz CT molecular complexity index is 530. The third-order valence-electron chi connectivity index (χ3n) is 4.28. The zero-order valence-corrected chi connectivity index (χ0v) is 13.5. The summed E-state index contributed by atoms with van der Waals surface area (Å²) in [5.41, 5.74) is 0.110. The Balaban J connectivity index is 1.53. The summed E-state index contributed by atoms with van der Waals surface area (Å²) in [6.07, 6.45) is 0.821. The van der Waals surface area contributed by atoms with Gasteiger partial charge in [-0.25, -0.2) is 13.2 Å². The van der Waals surface area contributed by atoms with Gasteiger partial charge in [0.25, 0.3) is 0 Å². The molecule has 0 radical (unpaired) electrons. The second-order valence-electron chi connectivity index (χ2n) is 6.25. The van der Waals surface area contributed by atoms with E-state index < -0.39 is 30.0 Å². The molecule has 2 saturated heterocycles. The van der Waals surface area contributed by atoms with Crippen LogP contribution in [0.5, 0.6) is 0 Å². The standard InChI is InChI=1S/C17H21F3O4/c1-2-3-10-6-21-17(22-7-10)12-8-23-16(24-9-12)11-4-13(18)15(20)14(19)5-11/h4-5,10,12,16-17H,2-3,6-9H2,1H3/t10-,12-,16-,17-. The van der Waals surface area contributed by atoms with E-state index in [-0.39, 0.29) is 24.7 Å². The first-order valence-corrected chi connectivity index (χ1v) is 8.19. The van der Waals surface area contributed by atoms with Gasteiger partial charge in [0.1, 0.15) is 0 Å². The lowest BCUT2D eigenvalue weighted by Gasteiger charge is -2.37. The van der Waals surface area contributed by atoms with Gasteiger partial charge in [-0.2, -0.15) is 0 Å². The van der Waals surface area contributed by atoms with E-state index in [1.54, 1.807) is 0 Å². The molecule has 0 unspecified atom stereocenters. The molecule has 0 N–H and O–H groups in total. The van der Waals surface area contributed by atoms with Crippen LogP contribution < -0.4 is 0 Å². The zero-order valence-electron chi connectivity index (χ0n) is 13.5. The molecule has 2 aliphatic rings. The van der Waals surface area contributed by atoms with E-state index in [9.17, 15) is 13.2 Å². The predicted octanol–water partition coefficient (Wildman–Crippen LogP) is 3.55. The highest BCUT2D eigenvalue weighted by Crippen LogP contribution is 2.30. The molecule has 0 atom stereocenters. The maximum absolute atomic E-state index is 13.3. The Morgan fingerprint density at radius 2 is 1.50 bits per heavy atom. The Labute approximate surface area is 138 Å². The van der Waals surface area contributed by atoms with Gasteiger partial charge in [0.15, 0.2) is 30.0 Å². The van der Waals surface area contributed by atoms with Crippen LogP contribution in [0.25, 0.3) is 0 Å². The summed E-state index contributed by atoms with van der Waals surface area (Å²) >= 11 is 0. The maximum Gasteiger partial charge on any atom is 0.194 e. The third-order valence-corrected chi connectivity index (χ3v) is 4.28. The lowest BCUT2D eigenvalue weighted by atomic mass is 10.0. The molecule has 0 aliphatic carbocycles. The largest absolute Gasteiger partial charge is 0.352 e. The maximum atomic E-state index is 13.3. The van der Waals surface area contributed by atoms with Gasteiger partial charge in [-0.3, -0.25) is 0 Å². The summed E-state index contributed by atoms with van der Waals surface area (Å²) in [7, 11) is 0. The number of hydrogen-bond donors (Lipinski definition) is 0. The van der Waals surface area contributed by atoms with E-state index in [0.717, 1.165) is 25.0 Å². The summed E-state index contributed by atoms with van der Waals surface area (Å²) in [6, 6.07) is 1.76. The van der Waals surface area contributed by atoms with Crippen LogP contribution in [0, 0.1) is 29.3 Å². The second kappa shape index (κ2) is 7.82. The Hall–Kier alpha value is -1.15. The van der Waals surface area contributed by atoms with Crippen LogP contribution in [0.4, 0.5) is 13.2 Å². The highest BCUT2D eigenvalue weighted by atomic mass is 19.2. The molecule has 2 aliphatic heterocycles. The average molecular weight is 346 g/mol. The molecule has 0 amide bonds. The molecule has 4 nitrogen and oxygen atoms in total. The topological polar surface area (TPSA) is 36.9 Å². The number of hydrogen-bond acceptors (Lipinski definition) is 4. The second-order valence-corrected chi connectivity index (χ2v) is 6.25. The monoisotopic (exact) mass is 346 g/mol. The molecule has 134 valence electrons. The quantitative estimate of drug-likeness (QED) is 0.782. The molecule has 0 saturated carbocycles. The van der Waals surface area contributed by atoms with E-state index in [1.165, 1.54) is 0 Å². The van der Waals surface area contributed by atoms with E-state index in [4.69, 9.17) is 18.9 Å². The van der Waals surface area contributed by atoms with E-state index in [1.807, 2.05) is 0 Å². The van der Waals surface area contributed by atoms with Gasteiger partial charge in [-0.05, 0) is 18.6 Å². The van der Waals surface area contributed by atoms with Crippen LogP contribution in [-0.2, 0) is 18.9 Å². The Morgan fingerprint density at radius 3 is 2.04 bits per heavy atom. The lowest BCUT2D eigenvalue weighted by Crippen LogP contribution is -2.43. The molecule has 2 fully saturated rings. The van der Waals surface area contributed by atoms with Crippen molar-refractivity contribution in [2.45, 2.75) is 32.3 Å². The highest BCUT2D eigenvalue weighted by Gasteiger charge is 2.34.